The number of aromatic hydroxyl groups is 1. The second-order valence-electron chi connectivity index (χ2n) is 5.18. The van der Waals surface area contributed by atoms with Gasteiger partial charge in [-0.25, -0.2) is 19.9 Å². The Labute approximate surface area is 141 Å². The summed E-state index contributed by atoms with van der Waals surface area (Å²) in [6.07, 6.45) is 4.29. The summed E-state index contributed by atoms with van der Waals surface area (Å²) in [5, 5.41) is 12.3. The molecule has 25 heavy (non-hydrogen) atoms. The number of carbonyl (C=O) groups is 1. The standard InChI is InChI=1S/C16H14N6O3/c1-9(20-16(25)14-12(23)3-2-5-18-14)15-21-11(7-13(24)22-15)10-4-6-17-8-19-10/h2-9,23H,1H3,(H,20,25)(H,21,22,24)/t9-/m0/s1. The van der Waals surface area contributed by atoms with Gasteiger partial charge in [0.15, 0.2) is 5.69 Å². The maximum absolute atomic E-state index is 12.2. The van der Waals surface area contributed by atoms with Crippen LogP contribution in [-0.4, -0.2) is 35.9 Å². The molecule has 3 N–H and O–H groups in total. The van der Waals surface area contributed by atoms with Gasteiger partial charge in [0.1, 0.15) is 17.9 Å². The van der Waals surface area contributed by atoms with Crippen molar-refractivity contribution in [1.82, 2.24) is 30.2 Å². The Balaban J connectivity index is 1.86. The zero-order chi connectivity index (χ0) is 17.8. The van der Waals surface area contributed by atoms with Crippen molar-refractivity contribution < 1.29 is 9.90 Å². The summed E-state index contributed by atoms with van der Waals surface area (Å²) in [4.78, 5) is 42.7. The molecule has 3 aromatic rings. The highest BCUT2D eigenvalue weighted by atomic mass is 16.3. The van der Waals surface area contributed by atoms with Gasteiger partial charge in [-0.15, -0.1) is 0 Å². The average Bonchev–Trinajstić information content (AvgIpc) is 2.62. The van der Waals surface area contributed by atoms with E-state index >= 15 is 0 Å². The molecule has 0 saturated heterocycles. The second-order valence-corrected chi connectivity index (χ2v) is 5.18. The maximum atomic E-state index is 12.2. The monoisotopic (exact) mass is 338 g/mol. The summed E-state index contributed by atoms with van der Waals surface area (Å²) in [5.41, 5.74) is 0.371. The van der Waals surface area contributed by atoms with Crippen LogP contribution in [-0.2, 0) is 0 Å². The Morgan fingerprint density at radius 3 is 2.80 bits per heavy atom. The Morgan fingerprint density at radius 1 is 1.24 bits per heavy atom. The predicted octanol–water partition coefficient (Wildman–Crippen LogP) is 0.819. The number of H-pyrrole nitrogens is 1. The molecule has 0 spiro atoms. The molecule has 0 aromatic carbocycles. The van der Waals surface area contributed by atoms with Crippen LogP contribution in [0.5, 0.6) is 5.75 Å². The van der Waals surface area contributed by atoms with Gasteiger partial charge < -0.3 is 15.4 Å². The summed E-state index contributed by atoms with van der Waals surface area (Å²) in [6, 6.07) is 5.19. The lowest BCUT2D eigenvalue weighted by molar-refractivity contribution is 0.0930. The number of nitrogens with one attached hydrogen (secondary N) is 2. The number of hydrogen-bond donors (Lipinski definition) is 3. The largest absolute Gasteiger partial charge is 0.505 e. The molecule has 3 heterocycles. The Hall–Kier alpha value is -3.62. The molecule has 0 aliphatic rings. The molecule has 9 heteroatoms. The molecule has 0 aliphatic heterocycles. The first-order chi connectivity index (χ1) is 12.0. The van der Waals surface area contributed by atoms with Crippen molar-refractivity contribution in [2.75, 3.05) is 0 Å². The van der Waals surface area contributed by atoms with Crippen LogP contribution in [0.2, 0.25) is 0 Å². The number of pyridine rings is 1. The molecule has 3 rings (SSSR count). The molecule has 0 aliphatic carbocycles. The van der Waals surface area contributed by atoms with Gasteiger partial charge in [-0.2, -0.15) is 0 Å². The maximum Gasteiger partial charge on any atom is 0.274 e. The van der Waals surface area contributed by atoms with Gasteiger partial charge in [-0.1, -0.05) is 0 Å². The van der Waals surface area contributed by atoms with Crippen LogP contribution in [0.4, 0.5) is 0 Å². The van der Waals surface area contributed by atoms with Crippen LogP contribution in [0.3, 0.4) is 0 Å². The lowest BCUT2D eigenvalue weighted by atomic mass is 10.2. The zero-order valence-electron chi connectivity index (χ0n) is 13.2. The number of aromatic amines is 1. The average molecular weight is 338 g/mol. The number of aromatic nitrogens is 5. The molecule has 0 fully saturated rings. The molecule has 0 bridgehead atoms. The van der Waals surface area contributed by atoms with Crippen molar-refractivity contribution in [1.29, 1.82) is 0 Å². The highest BCUT2D eigenvalue weighted by Gasteiger charge is 2.18. The summed E-state index contributed by atoms with van der Waals surface area (Å²) in [6.45, 7) is 1.65. The predicted molar refractivity (Wildman–Crippen MR) is 87.7 cm³/mol. The number of carbonyl (C=O) groups excluding carboxylic acids is 1. The van der Waals surface area contributed by atoms with Crippen LogP contribution >= 0.6 is 0 Å². The van der Waals surface area contributed by atoms with Gasteiger partial charge in [-0.05, 0) is 25.1 Å². The van der Waals surface area contributed by atoms with Crippen LogP contribution in [0, 0.1) is 0 Å². The van der Waals surface area contributed by atoms with E-state index in [1.807, 2.05) is 0 Å². The highest BCUT2D eigenvalue weighted by molar-refractivity contribution is 5.94. The van der Waals surface area contributed by atoms with Gasteiger partial charge in [0.25, 0.3) is 11.5 Å². The van der Waals surface area contributed by atoms with E-state index in [2.05, 4.69) is 30.2 Å². The van der Waals surface area contributed by atoms with E-state index < -0.39 is 11.9 Å². The normalized spacial score (nSPS) is 11.7. The van der Waals surface area contributed by atoms with Crippen molar-refractivity contribution in [3.63, 3.8) is 0 Å². The van der Waals surface area contributed by atoms with E-state index in [0.29, 0.717) is 11.4 Å². The Morgan fingerprint density at radius 2 is 2.08 bits per heavy atom. The van der Waals surface area contributed by atoms with Gasteiger partial charge in [0, 0.05) is 18.5 Å². The number of nitrogens with zero attached hydrogens (tertiary/aromatic N) is 4. The van der Waals surface area contributed by atoms with Gasteiger partial charge in [-0.3, -0.25) is 9.59 Å². The summed E-state index contributed by atoms with van der Waals surface area (Å²) >= 11 is 0. The Kier molecular flexibility index (Phi) is 4.46. The van der Waals surface area contributed by atoms with E-state index in [1.165, 1.54) is 30.7 Å². The fraction of sp³-hybridized carbons (Fsp3) is 0.125. The summed E-state index contributed by atoms with van der Waals surface area (Å²) in [7, 11) is 0. The van der Waals surface area contributed by atoms with E-state index in [0.717, 1.165) is 0 Å². The van der Waals surface area contributed by atoms with Crippen molar-refractivity contribution in [2.45, 2.75) is 13.0 Å². The number of hydrogen-bond acceptors (Lipinski definition) is 7. The smallest absolute Gasteiger partial charge is 0.274 e. The third kappa shape index (κ3) is 3.66. The van der Waals surface area contributed by atoms with Crippen molar-refractivity contribution >= 4 is 5.91 Å². The minimum atomic E-state index is -0.622. The first-order valence-electron chi connectivity index (χ1n) is 7.37. The molecule has 9 nitrogen and oxygen atoms in total. The van der Waals surface area contributed by atoms with E-state index in [9.17, 15) is 14.7 Å². The molecule has 126 valence electrons. The first kappa shape index (κ1) is 16.2. The van der Waals surface area contributed by atoms with E-state index in [-0.39, 0.29) is 22.8 Å². The van der Waals surface area contributed by atoms with Crippen LogP contribution < -0.4 is 10.9 Å². The second kappa shape index (κ2) is 6.87. The molecule has 1 amide bonds. The minimum absolute atomic E-state index is 0.108. The lowest BCUT2D eigenvalue weighted by Gasteiger charge is -2.14. The summed E-state index contributed by atoms with van der Waals surface area (Å²) in [5.74, 6) is -0.561. The van der Waals surface area contributed by atoms with Gasteiger partial charge >= 0.3 is 0 Å². The molecule has 0 unspecified atom stereocenters. The molecule has 3 aromatic heterocycles. The fourth-order valence-corrected chi connectivity index (χ4v) is 2.16. The van der Waals surface area contributed by atoms with Crippen molar-refractivity contribution in [3.8, 4) is 17.1 Å². The number of amides is 1. The third-order valence-electron chi connectivity index (χ3n) is 3.36. The fourth-order valence-electron chi connectivity index (χ4n) is 2.16. The molecule has 1 atom stereocenters. The van der Waals surface area contributed by atoms with Gasteiger partial charge in [0.2, 0.25) is 0 Å². The summed E-state index contributed by atoms with van der Waals surface area (Å²) < 4.78 is 0. The SMILES string of the molecule is C[C@H](NC(=O)c1ncccc1O)c1nc(-c2ccncn2)cc(=O)[nH]1. The Bertz CT molecular complexity index is 957. The van der Waals surface area contributed by atoms with Crippen molar-refractivity contribution in [3.05, 3.63) is 64.9 Å². The highest BCUT2D eigenvalue weighted by Crippen LogP contribution is 2.16. The zero-order valence-corrected chi connectivity index (χ0v) is 13.2. The van der Waals surface area contributed by atoms with Crippen molar-refractivity contribution in [2.24, 2.45) is 0 Å². The topological polar surface area (TPSA) is 134 Å². The molecular weight excluding hydrogens is 324 g/mol. The molecule has 0 saturated carbocycles. The van der Waals surface area contributed by atoms with Crippen LogP contribution in [0.1, 0.15) is 29.3 Å². The number of rotatable bonds is 4. The molecular formula is C16H14N6O3. The lowest BCUT2D eigenvalue weighted by Crippen LogP contribution is -2.30. The van der Waals surface area contributed by atoms with E-state index in [4.69, 9.17) is 0 Å². The quantitative estimate of drug-likeness (QED) is 0.641. The van der Waals surface area contributed by atoms with E-state index in [1.54, 1.807) is 19.2 Å². The van der Waals surface area contributed by atoms with Crippen LogP contribution in [0.15, 0.2) is 47.8 Å². The van der Waals surface area contributed by atoms with Gasteiger partial charge in [0.05, 0.1) is 17.4 Å². The molecule has 0 radical (unpaired) electrons. The first-order valence-corrected chi connectivity index (χ1v) is 7.37. The van der Waals surface area contributed by atoms with Crippen LogP contribution in [0.25, 0.3) is 11.4 Å². The third-order valence-corrected chi connectivity index (χ3v) is 3.36. The minimum Gasteiger partial charge on any atom is -0.505 e.